The van der Waals surface area contributed by atoms with Crippen molar-refractivity contribution < 1.29 is 9.53 Å². The summed E-state index contributed by atoms with van der Waals surface area (Å²) in [6, 6.07) is 10.1. The molecule has 0 unspecified atom stereocenters. The first-order valence-electron chi connectivity index (χ1n) is 4.48. The van der Waals surface area contributed by atoms with Gasteiger partial charge >= 0.3 is 0 Å². The smallest absolute Gasteiger partial charge is 0.293 e. The zero-order valence-electron chi connectivity index (χ0n) is 7.77. The van der Waals surface area contributed by atoms with Gasteiger partial charge in [-0.2, -0.15) is 0 Å². The molecule has 70 valence electrons. The summed E-state index contributed by atoms with van der Waals surface area (Å²) < 4.78 is 4.76. The van der Waals surface area contributed by atoms with Gasteiger partial charge in [-0.1, -0.05) is 37.3 Å². The third-order valence-corrected chi connectivity index (χ3v) is 2.13. The van der Waals surface area contributed by atoms with Gasteiger partial charge in [0.2, 0.25) is 0 Å². The fourth-order valence-electron chi connectivity index (χ4n) is 1.33. The first kappa shape index (κ1) is 9.78. The second kappa shape index (κ2) is 5.36. The molecule has 0 N–H and O–H groups in total. The largest absolute Gasteiger partial charge is 0.467 e. The molecule has 0 heterocycles. The van der Waals surface area contributed by atoms with Gasteiger partial charge in [-0.05, 0) is 12.0 Å². The topological polar surface area (TPSA) is 26.3 Å². The summed E-state index contributed by atoms with van der Waals surface area (Å²) in [5, 5.41) is 0. The Bertz CT molecular complexity index is 244. The van der Waals surface area contributed by atoms with Gasteiger partial charge in [0.25, 0.3) is 6.47 Å². The van der Waals surface area contributed by atoms with Gasteiger partial charge < -0.3 is 4.74 Å². The minimum absolute atomic E-state index is 0.325. The van der Waals surface area contributed by atoms with Gasteiger partial charge in [-0.25, -0.2) is 0 Å². The second-order valence-electron chi connectivity index (χ2n) is 2.95. The maximum absolute atomic E-state index is 10.0. The molecule has 2 nitrogen and oxygen atoms in total. The van der Waals surface area contributed by atoms with Crippen molar-refractivity contribution in [1.29, 1.82) is 0 Å². The van der Waals surface area contributed by atoms with Crippen LogP contribution >= 0.6 is 0 Å². The number of carbonyl (C=O) groups is 1. The third-order valence-electron chi connectivity index (χ3n) is 2.13. The number of rotatable bonds is 5. The monoisotopic (exact) mass is 178 g/mol. The lowest BCUT2D eigenvalue weighted by molar-refractivity contribution is -0.129. The van der Waals surface area contributed by atoms with E-state index in [1.165, 1.54) is 5.56 Å². The summed E-state index contributed by atoms with van der Waals surface area (Å²) in [6.45, 7) is 3.07. The molecule has 0 amide bonds. The molecule has 0 saturated carbocycles. The highest BCUT2D eigenvalue weighted by atomic mass is 16.5. The molecule has 0 fully saturated rings. The van der Waals surface area contributed by atoms with Crippen LogP contribution in [0.1, 0.15) is 24.8 Å². The predicted octanol–water partition coefficient (Wildman–Crippen LogP) is 2.35. The van der Waals surface area contributed by atoms with Crippen molar-refractivity contribution in [2.24, 2.45) is 0 Å². The SMILES string of the molecule is CC[C@H](COC=O)c1ccccc1. The Morgan fingerprint density at radius 1 is 1.38 bits per heavy atom. The summed E-state index contributed by atoms with van der Waals surface area (Å²) in [6.07, 6.45) is 0.984. The highest BCUT2D eigenvalue weighted by molar-refractivity contribution is 5.37. The first-order chi connectivity index (χ1) is 6.38. The molecule has 1 atom stereocenters. The molecule has 0 aliphatic rings. The first-order valence-corrected chi connectivity index (χ1v) is 4.48. The van der Waals surface area contributed by atoms with E-state index in [-0.39, 0.29) is 0 Å². The Labute approximate surface area is 78.5 Å². The van der Waals surface area contributed by atoms with Crippen LogP contribution in [0.2, 0.25) is 0 Å². The molecule has 0 aliphatic heterocycles. The fraction of sp³-hybridized carbons (Fsp3) is 0.364. The van der Waals surface area contributed by atoms with Gasteiger partial charge in [0.05, 0.1) is 6.61 Å². The Hall–Kier alpha value is -1.31. The highest BCUT2D eigenvalue weighted by Gasteiger charge is 2.08. The molecule has 0 radical (unpaired) electrons. The minimum atomic E-state index is 0.325. The maximum Gasteiger partial charge on any atom is 0.293 e. The maximum atomic E-state index is 10.0. The van der Waals surface area contributed by atoms with Crippen LogP contribution in [-0.2, 0) is 9.53 Å². The van der Waals surface area contributed by atoms with Gasteiger partial charge in [0.1, 0.15) is 0 Å². The Morgan fingerprint density at radius 3 is 2.62 bits per heavy atom. The van der Waals surface area contributed by atoms with Gasteiger partial charge in [-0.15, -0.1) is 0 Å². The molecule has 13 heavy (non-hydrogen) atoms. The number of carbonyl (C=O) groups excluding carboxylic acids is 1. The van der Waals surface area contributed by atoms with E-state index >= 15 is 0 Å². The van der Waals surface area contributed by atoms with Crippen LogP contribution in [0.4, 0.5) is 0 Å². The van der Waals surface area contributed by atoms with E-state index in [2.05, 4.69) is 19.1 Å². The van der Waals surface area contributed by atoms with Crippen molar-refractivity contribution in [2.75, 3.05) is 6.61 Å². The van der Waals surface area contributed by atoms with Crippen molar-refractivity contribution in [2.45, 2.75) is 19.3 Å². The normalized spacial score (nSPS) is 12.1. The molecule has 0 aromatic heterocycles. The van der Waals surface area contributed by atoms with Crippen LogP contribution in [0, 0.1) is 0 Å². The van der Waals surface area contributed by atoms with Crippen molar-refractivity contribution >= 4 is 6.47 Å². The zero-order chi connectivity index (χ0) is 9.52. The quantitative estimate of drug-likeness (QED) is 0.647. The van der Waals surface area contributed by atoms with Crippen LogP contribution in [0.5, 0.6) is 0 Å². The molecule has 0 bridgehead atoms. The molecular formula is C11H14O2. The molecule has 0 aliphatic carbocycles. The fourth-order valence-corrected chi connectivity index (χ4v) is 1.33. The summed E-state index contributed by atoms with van der Waals surface area (Å²) in [5.74, 6) is 0.325. The average molecular weight is 178 g/mol. The summed E-state index contributed by atoms with van der Waals surface area (Å²) in [4.78, 5) is 10.0. The molecule has 0 spiro atoms. The molecule has 1 rings (SSSR count). The number of hydrogen-bond acceptors (Lipinski definition) is 2. The predicted molar refractivity (Wildman–Crippen MR) is 51.5 cm³/mol. The molecule has 1 aromatic carbocycles. The van der Waals surface area contributed by atoms with Gasteiger partial charge in [0, 0.05) is 5.92 Å². The van der Waals surface area contributed by atoms with Gasteiger partial charge in [0.15, 0.2) is 0 Å². The van der Waals surface area contributed by atoms with E-state index in [0.717, 1.165) is 6.42 Å². The molecule has 0 saturated heterocycles. The number of benzene rings is 1. The van der Waals surface area contributed by atoms with Gasteiger partial charge in [-0.3, -0.25) is 4.79 Å². The highest BCUT2D eigenvalue weighted by Crippen LogP contribution is 2.18. The van der Waals surface area contributed by atoms with E-state index in [1.807, 2.05) is 18.2 Å². The van der Waals surface area contributed by atoms with Crippen LogP contribution < -0.4 is 0 Å². The van der Waals surface area contributed by atoms with Crippen LogP contribution in [0.3, 0.4) is 0 Å². The van der Waals surface area contributed by atoms with Crippen LogP contribution in [0.15, 0.2) is 30.3 Å². The molecular weight excluding hydrogens is 164 g/mol. The summed E-state index contributed by atoms with van der Waals surface area (Å²) in [7, 11) is 0. The van der Waals surface area contributed by atoms with Crippen LogP contribution in [0.25, 0.3) is 0 Å². The van der Waals surface area contributed by atoms with E-state index in [0.29, 0.717) is 19.0 Å². The average Bonchev–Trinajstić information content (AvgIpc) is 2.21. The van der Waals surface area contributed by atoms with Crippen molar-refractivity contribution in [1.82, 2.24) is 0 Å². The minimum Gasteiger partial charge on any atom is -0.467 e. The lowest BCUT2D eigenvalue weighted by Gasteiger charge is -2.13. The van der Waals surface area contributed by atoms with Crippen molar-refractivity contribution in [3.05, 3.63) is 35.9 Å². The Balaban J connectivity index is 2.61. The van der Waals surface area contributed by atoms with E-state index in [9.17, 15) is 4.79 Å². The zero-order valence-corrected chi connectivity index (χ0v) is 7.77. The lowest BCUT2D eigenvalue weighted by atomic mass is 9.98. The second-order valence-corrected chi connectivity index (χ2v) is 2.95. The van der Waals surface area contributed by atoms with Crippen molar-refractivity contribution in [3.63, 3.8) is 0 Å². The van der Waals surface area contributed by atoms with Crippen LogP contribution in [-0.4, -0.2) is 13.1 Å². The Kier molecular flexibility index (Phi) is 4.03. The number of ether oxygens (including phenoxy) is 1. The Morgan fingerprint density at radius 2 is 2.08 bits per heavy atom. The van der Waals surface area contributed by atoms with E-state index < -0.39 is 0 Å². The standard InChI is InChI=1S/C11H14O2/c1-2-10(8-13-9-12)11-6-4-3-5-7-11/h3-7,9-10H,2,8H2,1H3/t10-/m1/s1. The summed E-state index contributed by atoms with van der Waals surface area (Å²) >= 11 is 0. The molecule has 2 heteroatoms. The third kappa shape index (κ3) is 2.90. The van der Waals surface area contributed by atoms with E-state index in [4.69, 9.17) is 4.74 Å². The van der Waals surface area contributed by atoms with E-state index in [1.54, 1.807) is 0 Å². The number of hydrogen-bond donors (Lipinski definition) is 0. The molecule has 1 aromatic rings. The lowest BCUT2D eigenvalue weighted by Crippen LogP contribution is -2.05. The summed E-state index contributed by atoms with van der Waals surface area (Å²) in [5.41, 5.74) is 1.23. The van der Waals surface area contributed by atoms with Crippen molar-refractivity contribution in [3.8, 4) is 0 Å².